The number of thiophene rings is 1. The first-order valence-electron chi connectivity index (χ1n) is 9.67. The van der Waals surface area contributed by atoms with E-state index in [4.69, 9.17) is 4.52 Å². The van der Waals surface area contributed by atoms with Gasteiger partial charge in [-0.2, -0.15) is 4.98 Å². The summed E-state index contributed by atoms with van der Waals surface area (Å²) >= 11 is 1.53. The number of likely N-dealkylation sites (tertiary alicyclic amines) is 1. The van der Waals surface area contributed by atoms with Crippen molar-refractivity contribution in [2.75, 3.05) is 18.4 Å². The lowest BCUT2D eigenvalue weighted by Crippen LogP contribution is -2.28. The second kappa shape index (κ2) is 8.57. The van der Waals surface area contributed by atoms with Crippen LogP contribution in [0.25, 0.3) is 10.7 Å². The summed E-state index contributed by atoms with van der Waals surface area (Å²) in [7, 11) is 0. The van der Waals surface area contributed by atoms with E-state index in [2.05, 4.69) is 15.5 Å². The number of aromatic nitrogens is 2. The molecule has 2 amide bonds. The predicted molar refractivity (Wildman–Crippen MR) is 111 cm³/mol. The molecule has 1 N–H and O–H groups in total. The Morgan fingerprint density at radius 2 is 2.03 bits per heavy atom. The van der Waals surface area contributed by atoms with E-state index in [0.29, 0.717) is 29.4 Å². The summed E-state index contributed by atoms with van der Waals surface area (Å²) in [5, 5.41) is 8.81. The molecule has 7 nitrogen and oxygen atoms in total. The van der Waals surface area contributed by atoms with Crippen LogP contribution < -0.4 is 5.32 Å². The van der Waals surface area contributed by atoms with Crippen LogP contribution in [0.5, 0.6) is 0 Å². The van der Waals surface area contributed by atoms with Gasteiger partial charge >= 0.3 is 0 Å². The minimum absolute atomic E-state index is 0.0306. The number of carbonyl (C=O) groups excluding carboxylic acids is 2. The van der Waals surface area contributed by atoms with Gasteiger partial charge in [-0.15, -0.1) is 11.3 Å². The van der Waals surface area contributed by atoms with E-state index in [0.717, 1.165) is 36.4 Å². The quantitative estimate of drug-likeness (QED) is 0.665. The molecule has 1 aliphatic heterocycles. The number of amides is 2. The summed E-state index contributed by atoms with van der Waals surface area (Å²) in [6.07, 6.45) is 2.67. The summed E-state index contributed by atoms with van der Waals surface area (Å²) in [6, 6.07) is 9.28. The second-order valence-corrected chi connectivity index (χ2v) is 7.96. The number of nitrogens with zero attached hydrogens (tertiary/aromatic N) is 3. The lowest BCUT2D eigenvalue weighted by atomic mass is 10.1. The van der Waals surface area contributed by atoms with Gasteiger partial charge in [0.2, 0.25) is 17.6 Å². The second-order valence-electron chi connectivity index (χ2n) is 7.01. The third-order valence-corrected chi connectivity index (χ3v) is 5.87. The Bertz CT molecular complexity index is 1010. The molecular weight excluding hydrogens is 388 g/mol. The van der Waals surface area contributed by atoms with Gasteiger partial charge in [0.1, 0.15) is 0 Å². The van der Waals surface area contributed by atoms with E-state index in [-0.39, 0.29) is 18.2 Å². The van der Waals surface area contributed by atoms with Crippen LogP contribution in [0.15, 0.2) is 40.2 Å². The number of anilines is 1. The van der Waals surface area contributed by atoms with Gasteiger partial charge in [0, 0.05) is 37.2 Å². The maximum Gasteiger partial charge on any atom is 0.254 e. The van der Waals surface area contributed by atoms with Crippen LogP contribution in [-0.4, -0.2) is 39.9 Å². The van der Waals surface area contributed by atoms with Crippen molar-refractivity contribution in [3.05, 3.63) is 52.7 Å². The van der Waals surface area contributed by atoms with Gasteiger partial charge in [0.25, 0.3) is 5.91 Å². The van der Waals surface area contributed by atoms with Crippen molar-refractivity contribution in [2.45, 2.75) is 32.6 Å². The van der Waals surface area contributed by atoms with E-state index >= 15 is 0 Å². The molecule has 8 heteroatoms. The molecular formula is C21H22N4O3S. The van der Waals surface area contributed by atoms with E-state index in [1.165, 1.54) is 11.3 Å². The van der Waals surface area contributed by atoms with Crippen LogP contribution in [0.1, 0.15) is 41.1 Å². The average molecular weight is 410 g/mol. The summed E-state index contributed by atoms with van der Waals surface area (Å²) in [6.45, 7) is 3.46. The van der Waals surface area contributed by atoms with Crippen LogP contribution in [-0.2, 0) is 11.2 Å². The molecule has 2 aromatic heterocycles. The number of nitrogens with one attached hydrogen (secondary N) is 1. The first-order chi connectivity index (χ1) is 14.1. The van der Waals surface area contributed by atoms with Crippen molar-refractivity contribution in [3.8, 4) is 10.7 Å². The standard InChI is InChI=1S/C21H22N4O3S/c1-14-15(21(27)25-11-2-3-12-25)6-4-7-16(14)22-18(26)9-10-19-23-20(24-28-19)17-8-5-13-29-17/h4-8,13H,2-3,9-12H2,1H3,(H,22,26). The van der Waals surface area contributed by atoms with E-state index in [1.54, 1.807) is 6.07 Å². The Morgan fingerprint density at radius 3 is 2.79 bits per heavy atom. The highest BCUT2D eigenvalue weighted by molar-refractivity contribution is 7.13. The minimum atomic E-state index is -0.158. The smallest absolute Gasteiger partial charge is 0.254 e. The molecule has 1 saturated heterocycles. The molecule has 0 saturated carbocycles. The number of hydrogen-bond acceptors (Lipinski definition) is 6. The summed E-state index contributed by atoms with van der Waals surface area (Å²) in [5.74, 6) is 0.843. The fourth-order valence-corrected chi connectivity index (χ4v) is 4.04. The molecule has 0 atom stereocenters. The van der Waals surface area contributed by atoms with Crippen molar-refractivity contribution in [3.63, 3.8) is 0 Å². The number of hydrogen-bond donors (Lipinski definition) is 1. The highest BCUT2D eigenvalue weighted by Crippen LogP contribution is 2.23. The molecule has 0 radical (unpaired) electrons. The maximum absolute atomic E-state index is 12.7. The average Bonchev–Trinajstić information content (AvgIpc) is 3.49. The van der Waals surface area contributed by atoms with Crippen molar-refractivity contribution in [1.82, 2.24) is 15.0 Å². The van der Waals surface area contributed by atoms with Gasteiger partial charge in [-0.25, -0.2) is 0 Å². The molecule has 4 rings (SSSR count). The topological polar surface area (TPSA) is 88.3 Å². The number of benzene rings is 1. The van der Waals surface area contributed by atoms with Crippen LogP contribution in [0.4, 0.5) is 5.69 Å². The fraction of sp³-hybridized carbons (Fsp3) is 0.333. The Kier molecular flexibility index (Phi) is 5.71. The zero-order valence-corrected chi connectivity index (χ0v) is 17.0. The van der Waals surface area contributed by atoms with Gasteiger partial charge in [-0.1, -0.05) is 17.3 Å². The molecule has 3 heterocycles. The van der Waals surface area contributed by atoms with Gasteiger partial charge in [0.15, 0.2) is 0 Å². The van der Waals surface area contributed by atoms with Crippen LogP contribution >= 0.6 is 11.3 Å². The molecule has 0 spiro atoms. The lowest BCUT2D eigenvalue weighted by Gasteiger charge is -2.18. The van der Waals surface area contributed by atoms with E-state index in [9.17, 15) is 9.59 Å². The van der Waals surface area contributed by atoms with Gasteiger partial charge < -0.3 is 14.7 Å². The Hall–Kier alpha value is -3.00. The van der Waals surface area contributed by atoms with Crippen molar-refractivity contribution >= 4 is 28.8 Å². The summed E-state index contributed by atoms with van der Waals surface area (Å²) < 4.78 is 5.24. The van der Waals surface area contributed by atoms with Crippen LogP contribution in [0, 0.1) is 6.92 Å². The van der Waals surface area contributed by atoms with Gasteiger partial charge in [-0.3, -0.25) is 9.59 Å². The normalized spacial score (nSPS) is 13.6. The third kappa shape index (κ3) is 4.37. The largest absolute Gasteiger partial charge is 0.339 e. The highest BCUT2D eigenvalue weighted by atomic mass is 32.1. The first-order valence-corrected chi connectivity index (χ1v) is 10.5. The highest BCUT2D eigenvalue weighted by Gasteiger charge is 2.22. The molecule has 0 aliphatic carbocycles. The molecule has 1 aromatic carbocycles. The zero-order valence-electron chi connectivity index (χ0n) is 16.2. The molecule has 3 aromatic rings. The summed E-state index contributed by atoms with van der Waals surface area (Å²) in [5.41, 5.74) is 2.09. The number of aryl methyl sites for hydroxylation is 1. The first kappa shape index (κ1) is 19.3. The monoisotopic (exact) mass is 410 g/mol. The number of rotatable bonds is 6. The van der Waals surface area contributed by atoms with Crippen molar-refractivity contribution in [2.24, 2.45) is 0 Å². The van der Waals surface area contributed by atoms with E-state index in [1.807, 2.05) is 41.5 Å². The minimum Gasteiger partial charge on any atom is -0.339 e. The Morgan fingerprint density at radius 1 is 1.21 bits per heavy atom. The van der Waals surface area contributed by atoms with Crippen LogP contribution in [0.2, 0.25) is 0 Å². The zero-order chi connectivity index (χ0) is 20.2. The van der Waals surface area contributed by atoms with Gasteiger partial charge in [0.05, 0.1) is 4.88 Å². The Labute approximate surface area is 172 Å². The molecule has 1 fully saturated rings. The fourth-order valence-electron chi connectivity index (χ4n) is 3.39. The SMILES string of the molecule is Cc1c(NC(=O)CCc2nc(-c3cccs3)no2)cccc1C(=O)N1CCCC1. The molecule has 0 bridgehead atoms. The molecule has 1 aliphatic rings. The van der Waals surface area contributed by atoms with E-state index < -0.39 is 0 Å². The molecule has 0 unspecified atom stereocenters. The Balaban J connectivity index is 1.37. The summed E-state index contributed by atoms with van der Waals surface area (Å²) in [4.78, 5) is 32.3. The van der Waals surface area contributed by atoms with Gasteiger partial charge in [-0.05, 0) is 48.9 Å². The molecule has 29 heavy (non-hydrogen) atoms. The maximum atomic E-state index is 12.7. The molecule has 150 valence electrons. The third-order valence-electron chi connectivity index (χ3n) is 5.01. The van der Waals surface area contributed by atoms with Crippen molar-refractivity contribution in [1.29, 1.82) is 0 Å². The lowest BCUT2D eigenvalue weighted by molar-refractivity contribution is -0.116. The van der Waals surface area contributed by atoms with Crippen LogP contribution in [0.3, 0.4) is 0 Å². The van der Waals surface area contributed by atoms with Crippen molar-refractivity contribution < 1.29 is 14.1 Å². The number of carbonyl (C=O) groups is 2. The predicted octanol–water partition coefficient (Wildman–Crippen LogP) is 3.91.